The molecule has 15 heavy (non-hydrogen) atoms. The van der Waals surface area contributed by atoms with Crippen molar-refractivity contribution >= 4 is 15.9 Å². The molecule has 0 fully saturated rings. The third-order valence-corrected chi connectivity index (χ3v) is 2.43. The molecule has 0 spiro atoms. The average Bonchev–Trinajstić information content (AvgIpc) is 2.19. The molecule has 1 heterocycles. The molecule has 84 valence electrons. The lowest BCUT2D eigenvalue weighted by atomic mass is 10.1. The summed E-state index contributed by atoms with van der Waals surface area (Å²) in [7, 11) is 0. The van der Waals surface area contributed by atoms with E-state index in [0.29, 0.717) is 24.0 Å². The van der Waals surface area contributed by atoms with Crippen LogP contribution < -0.4 is 4.74 Å². The lowest BCUT2D eigenvalue weighted by Crippen LogP contribution is -2.05. The van der Waals surface area contributed by atoms with Crippen LogP contribution in [-0.2, 0) is 6.61 Å². The fourth-order valence-electron chi connectivity index (χ4n) is 1.10. The number of pyridine rings is 1. The number of hydrogen-bond acceptors (Lipinski definition) is 3. The maximum absolute atomic E-state index is 9.11. The van der Waals surface area contributed by atoms with E-state index < -0.39 is 0 Å². The molecule has 0 aromatic carbocycles. The topological polar surface area (TPSA) is 42.4 Å². The second-order valence-corrected chi connectivity index (χ2v) is 4.72. The minimum Gasteiger partial charge on any atom is -0.477 e. The summed E-state index contributed by atoms with van der Waals surface area (Å²) in [5.74, 6) is 1.14. The van der Waals surface area contributed by atoms with Crippen LogP contribution in [0.5, 0.6) is 5.88 Å². The number of ether oxygens (including phenoxy) is 1. The Morgan fingerprint density at radius 1 is 1.53 bits per heavy atom. The monoisotopic (exact) mass is 273 g/mol. The van der Waals surface area contributed by atoms with E-state index in [1.165, 1.54) is 0 Å². The zero-order valence-electron chi connectivity index (χ0n) is 9.03. The van der Waals surface area contributed by atoms with Crippen LogP contribution in [0.3, 0.4) is 0 Å². The van der Waals surface area contributed by atoms with Crippen LogP contribution in [0.2, 0.25) is 0 Å². The summed E-state index contributed by atoms with van der Waals surface area (Å²) >= 11 is 3.30. The molecule has 3 nitrogen and oxygen atoms in total. The Hall–Kier alpha value is -0.610. The Morgan fingerprint density at radius 3 is 2.87 bits per heavy atom. The van der Waals surface area contributed by atoms with E-state index in [1.807, 2.05) is 6.07 Å². The van der Waals surface area contributed by atoms with E-state index in [0.717, 1.165) is 10.9 Å². The van der Waals surface area contributed by atoms with Crippen LogP contribution >= 0.6 is 15.9 Å². The Labute approximate surface area is 98.6 Å². The van der Waals surface area contributed by atoms with Crippen LogP contribution in [-0.4, -0.2) is 16.7 Å². The highest BCUT2D eigenvalue weighted by Crippen LogP contribution is 2.20. The summed E-state index contributed by atoms with van der Waals surface area (Å²) < 4.78 is 6.35. The van der Waals surface area contributed by atoms with E-state index in [4.69, 9.17) is 9.84 Å². The number of aliphatic hydroxyl groups is 1. The van der Waals surface area contributed by atoms with E-state index in [2.05, 4.69) is 34.8 Å². The average molecular weight is 274 g/mol. The highest BCUT2D eigenvalue weighted by molar-refractivity contribution is 9.10. The molecular formula is C11H16BrNO2. The molecule has 0 unspecified atom stereocenters. The van der Waals surface area contributed by atoms with E-state index in [9.17, 15) is 0 Å². The first kappa shape index (κ1) is 12.5. The number of aromatic nitrogens is 1. The van der Waals surface area contributed by atoms with Gasteiger partial charge in [0.1, 0.15) is 0 Å². The Kier molecular flexibility index (Phi) is 5.05. The van der Waals surface area contributed by atoms with Crippen molar-refractivity contribution in [2.45, 2.75) is 26.9 Å². The third-order valence-electron chi connectivity index (χ3n) is 2.00. The molecule has 1 aromatic heterocycles. The number of halogens is 1. The van der Waals surface area contributed by atoms with Crippen molar-refractivity contribution in [1.29, 1.82) is 0 Å². The van der Waals surface area contributed by atoms with E-state index in [1.54, 1.807) is 6.20 Å². The summed E-state index contributed by atoms with van der Waals surface area (Å²) in [6, 6.07) is 1.82. The van der Waals surface area contributed by atoms with Gasteiger partial charge in [0.2, 0.25) is 5.88 Å². The number of aliphatic hydroxyl groups excluding tert-OH is 1. The highest BCUT2D eigenvalue weighted by Gasteiger charge is 2.05. The van der Waals surface area contributed by atoms with Gasteiger partial charge in [-0.3, -0.25) is 0 Å². The standard InChI is InChI=1S/C11H16BrNO2/c1-8(2)3-4-15-11-9(7-14)5-10(12)6-13-11/h5-6,8,14H,3-4,7H2,1-2H3. The maximum atomic E-state index is 9.11. The molecule has 0 amide bonds. The van der Waals surface area contributed by atoms with Crippen molar-refractivity contribution < 1.29 is 9.84 Å². The SMILES string of the molecule is CC(C)CCOc1ncc(Br)cc1CO. The fourth-order valence-corrected chi connectivity index (χ4v) is 1.48. The van der Waals surface area contributed by atoms with Crippen molar-refractivity contribution in [2.24, 2.45) is 5.92 Å². The largest absolute Gasteiger partial charge is 0.477 e. The van der Waals surface area contributed by atoms with Gasteiger partial charge in [0, 0.05) is 16.2 Å². The molecule has 1 rings (SSSR count). The number of rotatable bonds is 5. The van der Waals surface area contributed by atoms with Gasteiger partial charge in [-0.25, -0.2) is 4.98 Å². The van der Waals surface area contributed by atoms with E-state index in [-0.39, 0.29) is 6.61 Å². The summed E-state index contributed by atoms with van der Waals surface area (Å²) in [6.45, 7) is 4.87. The molecule has 0 aliphatic carbocycles. The predicted octanol–water partition coefficient (Wildman–Crippen LogP) is 2.76. The van der Waals surface area contributed by atoms with Crippen molar-refractivity contribution in [2.75, 3.05) is 6.61 Å². The number of nitrogens with zero attached hydrogens (tertiary/aromatic N) is 1. The van der Waals surface area contributed by atoms with Crippen LogP contribution in [0.4, 0.5) is 0 Å². The molecule has 0 radical (unpaired) electrons. The second kappa shape index (κ2) is 6.08. The van der Waals surface area contributed by atoms with Gasteiger partial charge in [-0.2, -0.15) is 0 Å². The lowest BCUT2D eigenvalue weighted by molar-refractivity contribution is 0.248. The lowest BCUT2D eigenvalue weighted by Gasteiger charge is -2.10. The Balaban J connectivity index is 2.60. The molecule has 0 bridgehead atoms. The molecule has 0 saturated heterocycles. The van der Waals surface area contributed by atoms with Gasteiger partial charge >= 0.3 is 0 Å². The second-order valence-electron chi connectivity index (χ2n) is 3.81. The van der Waals surface area contributed by atoms with Gasteiger partial charge in [-0.15, -0.1) is 0 Å². The normalized spacial score (nSPS) is 10.7. The molecule has 0 atom stereocenters. The smallest absolute Gasteiger partial charge is 0.218 e. The minimum absolute atomic E-state index is 0.0521. The predicted molar refractivity (Wildman–Crippen MR) is 62.8 cm³/mol. The van der Waals surface area contributed by atoms with Gasteiger partial charge in [-0.05, 0) is 34.3 Å². The summed E-state index contributed by atoms with van der Waals surface area (Å²) in [6.07, 6.45) is 2.66. The summed E-state index contributed by atoms with van der Waals surface area (Å²) in [5, 5.41) is 9.11. The molecule has 0 aliphatic heterocycles. The van der Waals surface area contributed by atoms with Gasteiger partial charge < -0.3 is 9.84 Å². The van der Waals surface area contributed by atoms with Gasteiger partial charge in [0.25, 0.3) is 0 Å². The quantitative estimate of drug-likeness (QED) is 0.897. The minimum atomic E-state index is -0.0521. The zero-order chi connectivity index (χ0) is 11.3. The molecular weight excluding hydrogens is 258 g/mol. The Bertz CT molecular complexity index is 315. The first-order chi connectivity index (χ1) is 7.13. The first-order valence-corrected chi connectivity index (χ1v) is 5.81. The fraction of sp³-hybridized carbons (Fsp3) is 0.545. The van der Waals surface area contributed by atoms with Gasteiger partial charge in [-0.1, -0.05) is 13.8 Å². The Morgan fingerprint density at radius 2 is 2.27 bits per heavy atom. The van der Waals surface area contributed by atoms with Crippen molar-refractivity contribution in [3.8, 4) is 5.88 Å². The first-order valence-electron chi connectivity index (χ1n) is 5.01. The molecule has 1 aromatic rings. The molecule has 4 heteroatoms. The molecule has 1 N–H and O–H groups in total. The van der Waals surface area contributed by atoms with Crippen LogP contribution in [0.15, 0.2) is 16.7 Å². The summed E-state index contributed by atoms with van der Waals surface area (Å²) in [5.41, 5.74) is 0.716. The third kappa shape index (κ3) is 4.18. The van der Waals surface area contributed by atoms with Crippen LogP contribution in [0.1, 0.15) is 25.8 Å². The van der Waals surface area contributed by atoms with Crippen molar-refractivity contribution in [3.05, 3.63) is 22.3 Å². The summed E-state index contributed by atoms with van der Waals surface area (Å²) in [4.78, 5) is 4.12. The van der Waals surface area contributed by atoms with Gasteiger partial charge in [0.15, 0.2) is 0 Å². The zero-order valence-corrected chi connectivity index (χ0v) is 10.6. The van der Waals surface area contributed by atoms with Crippen LogP contribution in [0, 0.1) is 5.92 Å². The molecule has 0 aliphatic rings. The maximum Gasteiger partial charge on any atom is 0.218 e. The van der Waals surface area contributed by atoms with Crippen molar-refractivity contribution in [1.82, 2.24) is 4.98 Å². The van der Waals surface area contributed by atoms with Crippen molar-refractivity contribution in [3.63, 3.8) is 0 Å². The van der Waals surface area contributed by atoms with E-state index >= 15 is 0 Å². The number of hydrogen-bond donors (Lipinski definition) is 1. The highest BCUT2D eigenvalue weighted by atomic mass is 79.9. The molecule has 0 saturated carbocycles. The van der Waals surface area contributed by atoms with Gasteiger partial charge in [0.05, 0.1) is 13.2 Å². The van der Waals surface area contributed by atoms with Crippen LogP contribution in [0.25, 0.3) is 0 Å².